The predicted octanol–water partition coefficient (Wildman–Crippen LogP) is 4.80. The average molecular weight is 316 g/mol. The van der Waals surface area contributed by atoms with Crippen LogP contribution in [0.25, 0.3) is 32.8 Å². The molecule has 102 valence electrons. The minimum Gasteiger partial charge on any atom is -0.455 e. The third-order valence-corrected chi connectivity index (χ3v) is 4.17. The van der Waals surface area contributed by atoms with E-state index in [9.17, 15) is 4.79 Å². The molecule has 2 aromatic heterocycles. The summed E-state index contributed by atoms with van der Waals surface area (Å²) in [5, 5.41) is 2.45. The van der Waals surface area contributed by atoms with Crippen molar-refractivity contribution in [3.63, 3.8) is 0 Å². The molecule has 0 aliphatic carbocycles. The lowest BCUT2D eigenvalue weighted by Gasteiger charge is -2.05. The first-order chi connectivity index (χ1) is 10.1. The Kier molecular flexibility index (Phi) is 2.67. The minimum atomic E-state index is -0.104. The zero-order valence-corrected chi connectivity index (χ0v) is 12.1. The molecule has 0 bridgehead atoms. The van der Waals surface area contributed by atoms with E-state index in [-0.39, 0.29) is 5.43 Å². The number of hydrogen-bond acceptors (Lipinski definition) is 3. The Labute approximate surface area is 128 Å². The predicted molar refractivity (Wildman–Crippen MR) is 85.3 cm³/mol. The first kappa shape index (κ1) is 12.6. The van der Waals surface area contributed by atoms with Gasteiger partial charge >= 0.3 is 0 Å². The maximum absolute atomic E-state index is 12.5. The fraction of sp³-hybridized carbons (Fsp3) is 0. The fourth-order valence-electron chi connectivity index (χ4n) is 2.43. The van der Waals surface area contributed by atoms with Gasteiger partial charge in [-0.05, 0) is 24.3 Å². The van der Waals surface area contributed by atoms with Crippen molar-refractivity contribution in [3.8, 4) is 0 Å². The normalized spacial score (nSPS) is 11.5. The van der Waals surface area contributed by atoms with Crippen LogP contribution in [0, 0.1) is 0 Å². The van der Waals surface area contributed by atoms with Gasteiger partial charge in [-0.2, -0.15) is 0 Å². The molecule has 0 aliphatic rings. The summed E-state index contributed by atoms with van der Waals surface area (Å²) < 4.78 is 5.89. The Morgan fingerprint density at radius 2 is 1.71 bits per heavy atom. The summed E-state index contributed by atoms with van der Waals surface area (Å²) in [6.45, 7) is 0. The molecule has 21 heavy (non-hydrogen) atoms. The molecule has 0 N–H and O–H groups in total. The van der Waals surface area contributed by atoms with Crippen molar-refractivity contribution in [3.05, 3.63) is 62.9 Å². The van der Waals surface area contributed by atoms with E-state index in [0.29, 0.717) is 42.9 Å². The molecule has 4 rings (SSSR count). The van der Waals surface area contributed by atoms with Crippen LogP contribution in [-0.4, -0.2) is 4.98 Å². The van der Waals surface area contributed by atoms with Crippen molar-refractivity contribution < 1.29 is 4.42 Å². The van der Waals surface area contributed by atoms with Gasteiger partial charge in [0.05, 0.1) is 26.3 Å². The Balaban J connectivity index is 2.30. The van der Waals surface area contributed by atoms with Crippen molar-refractivity contribution in [1.82, 2.24) is 4.98 Å². The van der Waals surface area contributed by atoms with Gasteiger partial charge in [0.1, 0.15) is 11.2 Å². The number of para-hydroxylation sites is 1. The number of nitrogens with zero attached hydrogens (tertiary/aromatic N) is 1. The van der Waals surface area contributed by atoms with Gasteiger partial charge in [-0.3, -0.25) is 9.78 Å². The molecule has 0 atom stereocenters. The first-order valence-corrected chi connectivity index (χ1v) is 7.00. The van der Waals surface area contributed by atoms with Crippen LogP contribution in [0.1, 0.15) is 0 Å². The maximum atomic E-state index is 12.5. The number of hydrogen-bond donors (Lipinski definition) is 0. The molecule has 0 saturated carbocycles. The van der Waals surface area contributed by atoms with E-state index in [0.717, 1.165) is 0 Å². The van der Waals surface area contributed by atoms with Gasteiger partial charge in [0.15, 0.2) is 0 Å². The van der Waals surface area contributed by atoms with Crippen molar-refractivity contribution in [2.45, 2.75) is 0 Å². The van der Waals surface area contributed by atoms with Crippen LogP contribution in [0.15, 0.2) is 51.8 Å². The van der Waals surface area contributed by atoms with Crippen LogP contribution in [0.3, 0.4) is 0 Å². The number of halogens is 2. The Morgan fingerprint density at radius 1 is 0.952 bits per heavy atom. The van der Waals surface area contributed by atoms with Gasteiger partial charge in [-0.1, -0.05) is 35.3 Å². The highest BCUT2D eigenvalue weighted by Gasteiger charge is 2.12. The Hall–Kier alpha value is -2.10. The summed E-state index contributed by atoms with van der Waals surface area (Å²) >= 11 is 12.1. The Bertz CT molecular complexity index is 1090. The van der Waals surface area contributed by atoms with E-state index in [2.05, 4.69) is 4.98 Å². The molecule has 5 heteroatoms. The lowest BCUT2D eigenvalue weighted by atomic mass is 10.1. The summed E-state index contributed by atoms with van der Waals surface area (Å²) in [6, 6.07) is 10.5. The van der Waals surface area contributed by atoms with Gasteiger partial charge < -0.3 is 4.42 Å². The summed E-state index contributed by atoms with van der Waals surface area (Å²) in [5.74, 6) is 0. The first-order valence-electron chi connectivity index (χ1n) is 6.24. The summed E-state index contributed by atoms with van der Waals surface area (Å²) in [5.41, 5.74) is 1.54. The molecule has 0 radical (unpaired) electrons. The topological polar surface area (TPSA) is 43.1 Å². The zero-order chi connectivity index (χ0) is 14.6. The van der Waals surface area contributed by atoms with Crippen LogP contribution in [0.2, 0.25) is 10.0 Å². The molecule has 4 aromatic rings. The second-order valence-electron chi connectivity index (χ2n) is 4.71. The van der Waals surface area contributed by atoms with Crippen molar-refractivity contribution >= 4 is 56.0 Å². The molecule has 3 nitrogen and oxygen atoms in total. The number of fused-ring (bicyclic) bond motifs is 4. The molecule has 0 unspecified atom stereocenters. The van der Waals surface area contributed by atoms with Crippen molar-refractivity contribution in [2.24, 2.45) is 0 Å². The van der Waals surface area contributed by atoms with Crippen LogP contribution < -0.4 is 5.43 Å². The van der Waals surface area contributed by atoms with E-state index in [1.807, 2.05) is 6.07 Å². The van der Waals surface area contributed by atoms with Gasteiger partial charge in [0, 0.05) is 11.6 Å². The molecular formula is C16H7Cl2NO2. The highest BCUT2D eigenvalue weighted by molar-refractivity contribution is 6.43. The number of aromatic nitrogens is 1. The van der Waals surface area contributed by atoms with Gasteiger partial charge in [-0.15, -0.1) is 0 Å². The Morgan fingerprint density at radius 3 is 2.57 bits per heavy atom. The van der Waals surface area contributed by atoms with Gasteiger partial charge in [0.25, 0.3) is 0 Å². The second-order valence-corrected chi connectivity index (χ2v) is 5.53. The third kappa shape index (κ3) is 1.82. The average Bonchev–Trinajstić information content (AvgIpc) is 2.49. The molecule has 0 aliphatic heterocycles. The maximum Gasteiger partial charge on any atom is 0.202 e. The fourth-order valence-corrected chi connectivity index (χ4v) is 2.75. The number of pyridine rings is 1. The smallest absolute Gasteiger partial charge is 0.202 e. The van der Waals surface area contributed by atoms with Gasteiger partial charge in [-0.25, -0.2) is 0 Å². The van der Waals surface area contributed by atoms with Crippen LogP contribution in [0.5, 0.6) is 0 Å². The second kappa shape index (κ2) is 4.45. The molecule has 2 heterocycles. The lowest BCUT2D eigenvalue weighted by molar-refractivity contribution is 0.663. The molecular weight excluding hydrogens is 309 g/mol. The van der Waals surface area contributed by atoms with E-state index in [1.54, 1.807) is 30.3 Å². The van der Waals surface area contributed by atoms with Crippen molar-refractivity contribution in [1.29, 1.82) is 0 Å². The molecule has 0 amide bonds. The van der Waals surface area contributed by atoms with Crippen molar-refractivity contribution in [2.75, 3.05) is 0 Å². The lowest BCUT2D eigenvalue weighted by Crippen LogP contribution is -2.02. The standard InChI is InChI=1S/C16H7Cl2NO2/c17-11-5-9-13(6-12(11)18)19-7-10-15(20)8-3-1-2-4-14(8)21-16(9)10/h1-7H. The van der Waals surface area contributed by atoms with Gasteiger partial charge in [0.2, 0.25) is 5.43 Å². The number of benzene rings is 2. The molecule has 2 aromatic carbocycles. The van der Waals surface area contributed by atoms with E-state index in [1.165, 1.54) is 6.20 Å². The summed E-state index contributed by atoms with van der Waals surface area (Å²) in [7, 11) is 0. The largest absolute Gasteiger partial charge is 0.455 e. The molecule has 0 spiro atoms. The quantitative estimate of drug-likeness (QED) is 0.346. The SMILES string of the molecule is O=c1c2ccccc2oc2c1cnc1cc(Cl)c(Cl)cc12. The minimum absolute atomic E-state index is 0.104. The highest BCUT2D eigenvalue weighted by atomic mass is 35.5. The summed E-state index contributed by atoms with van der Waals surface area (Å²) in [4.78, 5) is 16.8. The van der Waals surface area contributed by atoms with Crippen LogP contribution in [0.4, 0.5) is 0 Å². The van der Waals surface area contributed by atoms with Crippen LogP contribution in [-0.2, 0) is 0 Å². The monoisotopic (exact) mass is 315 g/mol. The highest BCUT2D eigenvalue weighted by Crippen LogP contribution is 2.31. The summed E-state index contributed by atoms with van der Waals surface area (Å²) in [6.07, 6.45) is 1.51. The molecule has 0 fully saturated rings. The zero-order valence-electron chi connectivity index (χ0n) is 10.6. The van der Waals surface area contributed by atoms with E-state index < -0.39 is 0 Å². The van der Waals surface area contributed by atoms with E-state index in [4.69, 9.17) is 27.6 Å². The molecule has 0 saturated heterocycles. The number of rotatable bonds is 0. The third-order valence-electron chi connectivity index (χ3n) is 3.45. The van der Waals surface area contributed by atoms with E-state index >= 15 is 0 Å². The van der Waals surface area contributed by atoms with Crippen LogP contribution >= 0.6 is 23.2 Å².